The lowest BCUT2D eigenvalue weighted by molar-refractivity contribution is -0.0307. The molecule has 0 aromatic heterocycles. The third kappa shape index (κ3) is 3.70. The highest BCUT2D eigenvalue weighted by Gasteiger charge is 2.41. The SMILES string of the molecule is CCCOc1ccc(NCC2CCC3(CCCC3)O2)cc1. The molecular weight excluding hydrogens is 262 g/mol. The zero-order valence-corrected chi connectivity index (χ0v) is 13.1. The smallest absolute Gasteiger partial charge is 0.119 e. The van der Waals surface area contributed by atoms with Gasteiger partial charge in [0.1, 0.15) is 5.75 Å². The maximum Gasteiger partial charge on any atom is 0.119 e. The van der Waals surface area contributed by atoms with Crippen molar-refractivity contribution in [3.8, 4) is 5.75 Å². The Morgan fingerprint density at radius 1 is 1.19 bits per heavy atom. The molecule has 1 saturated heterocycles. The van der Waals surface area contributed by atoms with Gasteiger partial charge in [-0.05, 0) is 56.4 Å². The molecule has 1 spiro atoms. The standard InChI is InChI=1S/C18H27NO2/c1-2-13-20-16-7-5-15(6-8-16)19-14-17-9-12-18(21-17)10-3-4-11-18/h5-8,17,19H,2-4,9-14H2,1H3. The van der Waals surface area contributed by atoms with Crippen molar-refractivity contribution >= 4 is 5.69 Å². The Morgan fingerprint density at radius 2 is 1.95 bits per heavy atom. The molecule has 3 heteroatoms. The molecule has 2 aliphatic rings. The number of anilines is 1. The Kier molecular flexibility index (Phi) is 4.69. The van der Waals surface area contributed by atoms with Crippen LogP contribution in [0.15, 0.2) is 24.3 Å². The topological polar surface area (TPSA) is 30.5 Å². The van der Waals surface area contributed by atoms with Gasteiger partial charge in [0.25, 0.3) is 0 Å². The van der Waals surface area contributed by atoms with Gasteiger partial charge in [0.15, 0.2) is 0 Å². The average Bonchev–Trinajstić information content (AvgIpc) is 3.14. The number of ether oxygens (including phenoxy) is 2. The van der Waals surface area contributed by atoms with Gasteiger partial charge in [-0.2, -0.15) is 0 Å². The lowest BCUT2D eigenvalue weighted by Crippen LogP contribution is -2.27. The normalized spacial score (nSPS) is 23.6. The third-order valence-electron chi connectivity index (χ3n) is 4.71. The van der Waals surface area contributed by atoms with Crippen LogP contribution in [0.1, 0.15) is 51.9 Å². The third-order valence-corrected chi connectivity index (χ3v) is 4.71. The lowest BCUT2D eigenvalue weighted by Gasteiger charge is -2.24. The molecule has 1 atom stereocenters. The number of hydrogen-bond donors (Lipinski definition) is 1. The van der Waals surface area contributed by atoms with Gasteiger partial charge in [-0.15, -0.1) is 0 Å². The first-order valence-corrected chi connectivity index (χ1v) is 8.44. The molecule has 1 saturated carbocycles. The second kappa shape index (κ2) is 6.69. The van der Waals surface area contributed by atoms with Crippen LogP contribution in [0.2, 0.25) is 0 Å². The largest absolute Gasteiger partial charge is 0.494 e. The van der Waals surface area contributed by atoms with Crippen molar-refractivity contribution in [1.82, 2.24) is 0 Å². The van der Waals surface area contributed by atoms with Crippen molar-refractivity contribution in [3.05, 3.63) is 24.3 Å². The van der Waals surface area contributed by atoms with Gasteiger partial charge in [0.2, 0.25) is 0 Å². The second-order valence-corrected chi connectivity index (χ2v) is 6.42. The van der Waals surface area contributed by atoms with E-state index in [-0.39, 0.29) is 5.60 Å². The predicted octanol–water partition coefficient (Wildman–Crippen LogP) is 4.38. The number of benzene rings is 1. The van der Waals surface area contributed by atoms with Crippen LogP contribution >= 0.6 is 0 Å². The van der Waals surface area contributed by atoms with Crippen LogP contribution in [-0.2, 0) is 4.74 Å². The monoisotopic (exact) mass is 289 g/mol. The Labute approximate surface area is 128 Å². The maximum atomic E-state index is 6.32. The van der Waals surface area contributed by atoms with Crippen LogP contribution in [-0.4, -0.2) is 24.9 Å². The highest BCUT2D eigenvalue weighted by Crippen LogP contribution is 2.43. The van der Waals surface area contributed by atoms with Gasteiger partial charge in [0.05, 0.1) is 18.3 Å². The van der Waals surface area contributed by atoms with E-state index in [1.807, 2.05) is 12.1 Å². The molecule has 2 fully saturated rings. The Morgan fingerprint density at radius 3 is 2.67 bits per heavy atom. The average molecular weight is 289 g/mol. The summed E-state index contributed by atoms with van der Waals surface area (Å²) in [6, 6.07) is 8.24. The van der Waals surface area contributed by atoms with E-state index >= 15 is 0 Å². The molecule has 1 aliphatic carbocycles. The molecular formula is C18H27NO2. The Bertz CT molecular complexity index is 437. The van der Waals surface area contributed by atoms with E-state index in [2.05, 4.69) is 24.4 Å². The van der Waals surface area contributed by atoms with Gasteiger partial charge in [-0.1, -0.05) is 19.8 Å². The summed E-state index contributed by atoms with van der Waals surface area (Å²) in [6.07, 6.45) is 9.10. The van der Waals surface area contributed by atoms with Crippen molar-refractivity contribution in [2.24, 2.45) is 0 Å². The lowest BCUT2D eigenvalue weighted by atomic mass is 9.98. The minimum Gasteiger partial charge on any atom is -0.494 e. The fraction of sp³-hybridized carbons (Fsp3) is 0.667. The van der Waals surface area contributed by atoms with E-state index in [0.717, 1.165) is 31.0 Å². The Hall–Kier alpha value is -1.22. The summed E-state index contributed by atoms with van der Waals surface area (Å²) in [4.78, 5) is 0. The van der Waals surface area contributed by atoms with Gasteiger partial charge in [-0.3, -0.25) is 0 Å². The molecule has 3 nitrogen and oxygen atoms in total. The summed E-state index contributed by atoms with van der Waals surface area (Å²) < 4.78 is 11.9. The molecule has 1 aromatic carbocycles. The molecule has 1 heterocycles. The van der Waals surface area contributed by atoms with Crippen molar-refractivity contribution in [2.45, 2.75) is 63.6 Å². The molecule has 1 aromatic rings. The molecule has 116 valence electrons. The van der Waals surface area contributed by atoms with Crippen molar-refractivity contribution < 1.29 is 9.47 Å². The van der Waals surface area contributed by atoms with Crippen LogP contribution in [0, 0.1) is 0 Å². The minimum absolute atomic E-state index is 0.240. The first-order chi connectivity index (χ1) is 10.3. The molecule has 0 radical (unpaired) electrons. The van der Waals surface area contributed by atoms with Crippen molar-refractivity contribution in [2.75, 3.05) is 18.5 Å². The first-order valence-electron chi connectivity index (χ1n) is 8.44. The number of rotatable bonds is 6. The van der Waals surface area contributed by atoms with Crippen molar-refractivity contribution in [1.29, 1.82) is 0 Å². The molecule has 21 heavy (non-hydrogen) atoms. The summed E-state index contributed by atoms with van der Waals surface area (Å²) in [5.41, 5.74) is 1.39. The molecule has 1 unspecified atom stereocenters. The molecule has 1 N–H and O–H groups in total. The van der Waals surface area contributed by atoms with E-state index in [4.69, 9.17) is 9.47 Å². The molecule has 0 amide bonds. The zero-order valence-electron chi connectivity index (χ0n) is 13.1. The molecule has 3 rings (SSSR count). The van der Waals surface area contributed by atoms with Crippen LogP contribution in [0.3, 0.4) is 0 Å². The highest BCUT2D eigenvalue weighted by molar-refractivity contribution is 5.46. The van der Waals surface area contributed by atoms with E-state index in [1.54, 1.807) is 0 Å². The molecule has 0 bridgehead atoms. The van der Waals surface area contributed by atoms with E-state index < -0.39 is 0 Å². The zero-order chi connectivity index (χ0) is 14.5. The highest BCUT2D eigenvalue weighted by atomic mass is 16.5. The van der Waals surface area contributed by atoms with E-state index in [1.165, 1.54) is 38.5 Å². The van der Waals surface area contributed by atoms with Gasteiger partial charge in [0, 0.05) is 12.2 Å². The van der Waals surface area contributed by atoms with Crippen LogP contribution < -0.4 is 10.1 Å². The quantitative estimate of drug-likeness (QED) is 0.843. The first kappa shape index (κ1) is 14.7. The van der Waals surface area contributed by atoms with Crippen LogP contribution in [0.5, 0.6) is 5.75 Å². The summed E-state index contributed by atoms with van der Waals surface area (Å²) >= 11 is 0. The molecule has 1 aliphatic heterocycles. The van der Waals surface area contributed by atoms with Crippen LogP contribution in [0.4, 0.5) is 5.69 Å². The van der Waals surface area contributed by atoms with Gasteiger partial charge < -0.3 is 14.8 Å². The summed E-state index contributed by atoms with van der Waals surface area (Å²) in [5, 5.41) is 3.50. The fourth-order valence-electron chi connectivity index (χ4n) is 3.55. The minimum atomic E-state index is 0.240. The van der Waals surface area contributed by atoms with E-state index in [0.29, 0.717) is 6.10 Å². The van der Waals surface area contributed by atoms with Crippen molar-refractivity contribution in [3.63, 3.8) is 0 Å². The summed E-state index contributed by atoms with van der Waals surface area (Å²) in [5.74, 6) is 0.949. The summed E-state index contributed by atoms with van der Waals surface area (Å²) in [6.45, 7) is 3.82. The maximum absolute atomic E-state index is 6.32. The predicted molar refractivity (Wildman–Crippen MR) is 86.0 cm³/mol. The fourth-order valence-corrected chi connectivity index (χ4v) is 3.55. The summed E-state index contributed by atoms with van der Waals surface area (Å²) in [7, 11) is 0. The van der Waals surface area contributed by atoms with Crippen LogP contribution in [0.25, 0.3) is 0 Å². The Balaban J connectivity index is 1.45. The van der Waals surface area contributed by atoms with E-state index in [9.17, 15) is 0 Å². The van der Waals surface area contributed by atoms with Gasteiger partial charge in [-0.25, -0.2) is 0 Å². The number of nitrogens with one attached hydrogen (secondary N) is 1. The van der Waals surface area contributed by atoms with Gasteiger partial charge >= 0.3 is 0 Å². The number of hydrogen-bond acceptors (Lipinski definition) is 3. The second-order valence-electron chi connectivity index (χ2n) is 6.42.